The zero-order valence-electron chi connectivity index (χ0n) is 12.8. The molecule has 1 fully saturated rings. The minimum atomic E-state index is -0.712. The van der Waals surface area contributed by atoms with Gasteiger partial charge in [-0.15, -0.1) is 0 Å². The van der Waals surface area contributed by atoms with Crippen molar-refractivity contribution in [2.45, 2.75) is 19.4 Å². The van der Waals surface area contributed by atoms with E-state index >= 15 is 0 Å². The Hall–Kier alpha value is -2.48. The van der Waals surface area contributed by atoms with Gasteiger partial charge < -0.3 is 19.3 Å². The van der Waals surface area contributed by atoms with Crippen molar-refractivity contribution in [1.29, 1.82) is 0 Å². The van der Waals surface area contributed by atoms with E-state index in [4.69, 9.17) is 14.4 Å². The van der Waals surface area contributed by atoms with Crippen LogP contribution in [0.4, 0.5) is 5.82 Å². The van der Waals surface area contributed by atoms with Crippen LogP contribution in [0.1, 0.15) is 18.7 Å². The van der Waals surface area contributed by atoms with Crippen LogP contribution in [0.15, 0.2) is 22.9 Å². The van der Waals surface area contributed by atoms with Crippen molar-refractivity contribution in [3.8, 4) is 11.5 Å². The first-order chi connectivity index (χ1) is 11.2. The van der Waals surface area contributed by atoms with Crippen LogP contribution < -0.4 is 4.90 Å². The summed E-state index contributed by atoms with van der Waals surface area (Å²) < 4.78 is 10.1. The van der Waals surface area contributed by atoms with Gasteiger partial charge in [-0.05, 0) is 25.0 Å². The molecule has 8 heteroatoms. The van der Waals surface area contributed by atoms with Crippen LogP contribution in [0.5, 0.6) is 0 Å². The van der Waals surface area contributed by atoms with Crippen molar-refractivity contribution in [2.24, 2.45) is 5.92 Å². The number of carbonyl (C=O) groups is 1. The SMILES string of the molecule is COCc1noc(-c2ccc(N3CCC(C(=O)O)CC3)nc2)n1. The average molecular weight is 318 g/mol. The quantitative estimate of drug-likeness (QED) is 0.886. The lowest BCUT2D eigenvalue weighted by Crippen LogP contribution is -2.36. The lowest BCUT2D eigenvalue weighted by atomic mass is 9.97. The number of carboxylic acid groups (broad SMARTS) is 1. The molecule has 1 saturated heterocycles. The summed E-state index contributed by atoms with van der Waals surface area (Å²) in [4.78, 5) is 21.7. The Kier molecular flexibility index (Phi) is 4.52. The first-order valence-electron chi connectivity index (χ1n) is 7.43. The van der Waals surface area contributed by atoms with Gasteiger partial charge in [-0.3, -0.25) is 4.79 Å². The number of carboxylic acids is 1. The minimum Gasteiger partial charge on any atom is -0.481 e. The molecule has 0 atom stereocenters. The summed E-state index contributed by atoms with van der Waals surface area (Å²) in [5.74, 6) is 0.761. The van der Waals surface area contributed by atoms with Crippen LogP contribution in [-0.2, 0) is 16.1 Å². The minimum absolute atomic E-state index is 0.247. The van der Waals surface area contributed by atoms with Crippen molar-refractivity contribution in [3.63, 3.8) is 0 Å². The summed E-state index contributed by atoms with van der Waals surface area (Å²) in [5.41, 5.74) is 0.740. The number of anilines is 1. The van der Waals surface area contributed by atoms with Gasteiger partial charge in [0, 0.05) is 26.4 Å². The molecule has 0 saturated carbocycles. The molecular weight excluding hydrogens is 300 g/mol. The van der Waals surface area contributed by atoms with Gasteiger partial charge in [0.1, 0.15) is 12.4 Å². The second kappa shape index (κ2) is 6.74. The first kappa shape index (κ1) is 15.4. The van der Waals surface area contributed by atoms with Gasteiger partial charge >= 0.3 is 5.97 Å². The highest BCUT2D eigenvalue weighted by Crippen LogP contribution is 2.24. The van der Waals surface area contributed by atoms with Crippen LogP contribution in [-0.4, -0.2) is 46.4 Å². The third-order valence-electron chi connectivity index (χ3n) is 3.90. The molecule has 1 N–H and O–H groups in total. The molecule has 122 valence electrons. The number of aromatic nitrogens is 3. The lowest BCUT2D eigenvalue weighted by molar-refractivity contribution is -0.142. The summed E-state index contributed by atoms with van der Waals surface area (Å²) in [7, 11) is 1.57. The summed E-state index contributed by atoms with van der Waals surface area (Å²) in [6.07, 6.45) is 2.97. The standard InChI is InChI=1S/C15H18N4O4/c1-22-9-12-17-14(23-18-12)11-2-3-13(16-8-11)19-6-4-10(5-7-19)15(20)21/h2-3,8,10H,4-7,9H2,1H3,(H,20,21). The van der Waals surface area contributed by atoms with Crippen LogP contribution >= 0.6 is 0 Å². The Morgan fingerprint density at radius 1 is 1.43 bits per heavy atom. The van der Waals surface area contributed by atoms with Crippen LogP contribution in [0.2, 0.25) is 0 Å². The molecular formula is C15H18N4O4. The molecule has 2 aromatic rings. The Labute approximate surface area is 133 Å². The van der Waals surface area contributed by atoms with E-state index in [9.17, 15) is 4.79 Å². The molecule has 8 nitrogen and oxygen atoms in total. The Morgan fingerprint density at radius 3 is 2.83 bits per heavy atom. The molecule has 0 spiro atoms. The van der Waals surface area contributed by atoms with E-state index in [1.165, 1.54) is 0 Å². The molecule has 3 rings (SSSR count). The van der Waals surface area contributed by atoms with Gasteiger partial charge in [-0.1, -0.05) is 5.16 Å². The maximum Gasteiger partial charge on any atom is 0.306 e. The molecule has 0 aromatic carbocycles. The van der Waals surface area contributed by atoms with E-state index in [1.54, 1.807) is 13.3 Å². The number of piperidine rings is 1. The van der Waals surface area contributed by atoms with Crippen molar-refractivity contribution in [2.75, 3.05) is 25.1 Å². The number of rotatable bonds is 5. The smallest absolute Gasteiger partial charge is 0.306 e. The molecule has 3 heterocycles. The third-order valence-corrected chi connectivity index (χ3v) is 3.90. The van der Waals surface area contributed by atoms with E-state index in [1.807, 2.05) is 12.1 Å². The fraction of sp³-hybridized carbons (Fsp3) is 0.467. The topological polar surface area (TPSA) is 102 Å². The van der Waals surface area contributed by atoms with E-state index in [0.717, 1.165) is 11.4 Å². The molecule has 2 aromatic heterocycles. The number of ether oxygens (including phenoxy) is 1. The zero-order valence-corrected chi connectivity index (χ0v) is 12.8. The van der Waals surface area contributed by atoms with Gasteiger partial charge in [-0.25, -0.2) is 4.98 Å². The second-order valence-corrected chi connectivity index (χ2v) is 5.45. The largest absolute Gasteiger partial charge is 0.481 e. The average Bonchev–Trinajstić information content (AvgIpc) is 3.04. The van der Waals surface area contributed by atoms with E-state index in [-0.39, 0.29) is 5.92 Å². The highest BCUT2D eigenvalue weighted by Gasteiger charge is 2.25. The predicted octanol–water partition coefficient (Wildman–Crippen LogP) is 1.58. The third kappa shape index (κ3) is 3.48. The fourth-order valence-electron chi connectivity index (χ4n) is 2.61. The van der Waals surface area contributed by atoms with Crippen molar-refractivity contribution < 1.29 is 19.2 Å². The van der Waals surface area contributed by atoms with Crippen molar-refractivity contribution in [1.82, 2.24) is 15.1 Å². The second-order valence-electron chi connectivity index (χ2n) is 5.45. The summed E-state index contributed by atoms with van der Waals surface area (Å²) in [6, 6.07) is 3.76. The Bertz CT molecular complexity index is 662. The lowest BCUT2D eigenvalue weighted by Gasteiger charge is -2.30. The van der Waals surface area contributed by atoms with Crippen LogP contribution in [0, 0.1) is 5.92 Å². The van der Waals surface area contributed by atoms with Gasteiger partial charge in [0.2, 0.25) is 0 Å². The van der Waals surface area contributed by atoms with E-state index < -0.39 is 5.97 Å². The summed E-state index contributed by atoms with van der Waals surface area (Å²) in [5, 5.41) is 12.8. The molecule has 1 aliphatic rings. The van der Waals surface area contributed by atoms with Gasteiger partial charge in [-0.2, -0.15) is 4.98 Å². The molecule has 1 aliphatic heterocycles. The predicted molar refractivity (Wildman–Crippen MR) is 80.8 cm³/mol. The van der Waals surface area contributed by atoms with Gasteiger partial charge in [0.25, 0.3) is 5.89 Å². The normalized spacial score (nSPS) is 15.8. The van der Waals surface area contributed by atoms with E-state index in [0.29, 0.717) is 44.3 Å². The zero-order chi connectivity index (χ0) is 16.2. The number of nitrogens with zero attached hydrogens (tertiary/aromatic N) is 4. The Morgan fingerprint density at radius 2 is 2.22 bits per heavy atom. The molecule has 0 bridgehead atoms. The van der Waals surface area contributed by atoms with Crippen LogP contribution in [0.3, 0.4) is 0 Å². The van der Waals surface area contributed by atoms with E-state index in [2.05, 4.69) is 20.0 Å². The highest BCUT2D eigenvalue weighted by molar-refractivity contribution is 5.70. The number of pyridine rings is 1. The summed E-state index contributed by atoms with van der Waals surface area (Å²) >= 11 is 0. The molecule has 23 heavy (non-hydrogen) atoms. The monoisotopic (exact) mass is 318 g/mol. The molecule has 0 radical (unpaired) electrons. The number of hydrogen-bond acceptors (Lipinski definition) is 7. The van der Waals surface area contributed by atoms with Gasteiger partial charge in [0.15, 0.2) is 5.82 Å². The molecule has 0 aliphatic carbocycles. The number of aliphatic carboxylic acids is 1. The summed E-state index contributed by atoms with van der Waals surface area (Å²) in [6.45, 7) is 1.69. The van der Waals surface area contributed by atoms with Gasteiger partial charge in [0.05, 0.1) is 11.5 Å². The van der Waals surface area contributed by atoms with Crippen molar-refractivity contribution >= 4 is 11.8 Å². The highest BCUT2D eigenvalue weighted by atomic mass is 16.5. The number of methoxy groups -OCH3 is 1. The van der Waals surface area contributed by atoms with Crippen molar-refractivity contribution in [3.05, 3.63) is 24.2 Å². The first-order valence-corrected chi connectivity index (χ1v) is 7.43. The molecule has 0 unspecified atom stereocenters. The molecule has 0 amide bonds. The Balaban J connectivity index is 1.66. The maximum absolute atomic E-state index is 11.0. The maximum atomic E-state index is 11.0. The number of hydrogen-bond donors (Lipinski definition) is 1. The van der Waals surface area contributed by atoms with Crippen LogP contribution in [0.25, 0.3) is 11.5 Å². The fourth-order valence-corrected chi connectivity index (χ4v) is 2.61.